The van der Waals surface area contributed by atoms with E-state index in [0.29, 0.717) is 6.42 Å². The zero-order valence-electron chi connectivity index (χ0n) is 6.36. The molecule has 0 aromatic carbocycles. The Labute approximate surface area is 69.8 Å². The molecule has 0 radical (unpaired) electrons. The molecule has 0 saturated heterocycles. The van der Waals surface area contributed by atoms with Gasteiger partial charge in [-0.3, -0.25) is 4.79 Å². The number of thioether (sulfide) groups is 1. The van der Waals surface area contributed by atoms with Gasteiger partial charge in [0.15, 0.2) is 0 Å². The fourth-order valence-corrected chi connectivity index (χ4v) is 1.06. The average molecular weight is 179 g/mol. The highest BCUT2D eigenvalue weighted by Gasteiger charge is 2.20. The Morgan fingerprint density at radius 2 is 2.27 bits per heavy atom. The van der Waals surface area contributed by atoms with Crippen molar-refractivity contribution in [1.82, 2.24) is 0 Å². The van der Waals surface area contributed by atoms with Crippen LogP contribution in [-0.4, -0.2) is 40.3 Å². The van der Waals surface area contributed by atoms with Gasteiger partial charge in [-0.25, -0.2) is 0 Å². The predicted molar refractivity (Wildman–Crippen MR) is 44.6 cm³/mol. The van der Waals surface area contributed by atoms with Gasteiger partial charge in [-0.15, -0.1) is 0 Å². The van der Waals surface area contributed by atoms with E-state index in [4.69, 9.17) is 15.9 Å². The van der Waals surface area contributed by atoms with Gasteiger partial charge >= 0.3 is 5.97 Å². The van der Waals surface area contributed by atoms with Crippen LogP contribution in [0.25, 0.3) is 0 Å². The maximum atomic E-state index is 10.2. The van der Waals surface area contributed by atoms with Crippen LogP contribution in [0.3, 0.4) is 0 Å². The maximum Gasteiger partial charge on any atom is 0.323 e. The summed E-state index contributed by atoms with van der Waals surface area (Å²) < 4.78 is 0. The molecule has 0 amide bonds. The van der Waals surface area contributed by atoms with E-state index in [1.807, 2.05) is 6.26 Å². The zero-order valence-corrected chi connectivity index (χ0v) is 7.17. The van der Waals surface area contributed by atoms with E-state index < -0.39 is 18.1 Å². The van der Waals surface area contributed by atoms with Crippen molar-refractivity contribution in [2.45, 2.75) is 18.6 Å². The molecular weight excluding hydrogens is 166 g/mol. The van der Waals surface area contributed by atoms with Crippen LogP contribution in [0.15, 0.2) is 0 Å². The first-order chi connectivity index (χ1) is 5.09. The van der Waals surface area contributed by atoms with Gasteiger partial charge in [0, 0.05) is 0 Å². The van der Waals surface area contributed by atoms with Crippen molar-refractivity contribution in [3.05, 3.63) is 0 Å². The van der Waals surface area contributed by atoms with Crippen molar-refractivity contribution in [2.24, 2.45) is 5.73 Å². The van der Waals surface area contributed by atoms with Gasteiger partial charge in [-0.05, 0) is 18.4 Å². The lowest BCUT2D eigenvalue weighted by Gasteiger charge is -2.13. The van der Waals surface area contributed by atoms with Crippen LogP contribution in [-0.2, 0) is 4.79 Å². The third kappa shape index (κ3) is 4.23. The molecular formula is C6H13NO3S. The van der Waals surface area contributed by atoms with E-state index in [2.05, 4.69) is 0 Å². The number of hydrogen-bond acceptors (Lipinski definition) is 4. The predicted octanol–water partition coefficient (Wildman–Crippen LogP) is -0.488. The summed E-state index contributed by atoms with van der Waals surface area (Å²) in [7, 11) is 0. The fraction of sp³-hybridized carbons (Fsp3) is 0.833. The molecule has 0 aromatic rings. The standard InChI is InChI=1S/C6H13NO3S/c1-11-3-2-4(8)5(7)6(9)10/h4-5,8H,2-3,7H2,1H3,(H,9,10)/t4-,5+/m1/s1. The molecule has 66 valence electrons. The average Bonchev–Trinajstić information content (AvgIpc) is 1.98. The molecule has 0 heterocycles. The van der Waals surface area contributed by atoms with Gasteiger partial charge < -0.3 is 15.9 Å². The lowest BCUT2D eigenvalue weighted by molar-refractivity contribution is -0.141. The molecule has 0 rings (SSSR count). The third-order valence-corrected chi connectivity index (χ3v) is 1.96. The Balaban J connectivity index is 3.63. The van der Waals surface area contributed by atoms with Gasteiger partial charge in [-0.1, -0.05) is 0 Å². The molecule has 0 aliphatic heterocycles. The molecule has 0 aliphatic rings. The second-order valence-electron chi connectivity index (χ2n) is 2.21. The summed E-state index contributed by atoms with van der Waals surface area (Å²) in [5, 5.41) is 17.5. The first-order valence-electron chi connectivity index (χ1n) is 3.25. The highest BCUT2D eigenvalue weighted by molar-refractivity contribution is 7.98. The monoisotopic (exact) mass is 179 g/mol. The summed E-state index contributed by atoms with van der Waals surface area (Å²) in [5.41, 5.74) is 5.14. The first-order valence-corrected chi connectivity index (χ1v) is 4.64. The van der Waals surface area contributed by atoms with Gasteiger partial charge in [0.2, 0.25) is 0 Å². The summed E-state index contributed by atoms with van der Waals surface area (Å²) >= 11 is 1.55. The van der Waals surface area contributed by atoms with E-state index in [-0.39, 0.29) is 0 Å². The Kier molecular flexibility index (Phi) is 5.27. The number of carboxylic acids is 1. The van der Waals surface area contributed by atoms with Crippen molar-refractivity contribution < 1.29 is 15.0 Å². The van der Waals surface area contributed by atoms with Crippen LogP contribution in [0.1, 0.15) is 6.42 Å². The molecule has 0 saturated carbocycles. The molecule has 0 fully saturated rings. The molecule has 0 aliphatic carbocycles. The van der Waals surface area contributed by atoms with E-state index in [0.717, 1.165) is 5.75 Å². The largest absolute Gasteiger partial charge is 0.480 e. The Morgan fingerprint density at radius 1 is 1.73 bits per heavy atom. The van der Waals surface area contributed by atoms with Crippen LogP contribution in [0.5, 0.6) is 0 Å². The molecule has 0 spiro atoms. The van der Waals surface area contributed by atoms with Crippen molar-refractivity contribution in [2.75, 3.05) is 12.0 Å². The fourth-order valence-electron chi connectivity index (χ4n) is 0.583. The van der Waals surface area contributed by atoms with E-state index in [1.165, 1.54) is 0 Å². The summed E-state index contributed by atoms with van der Waals surface area (Å²) in [6.07, 6.45) is 1.38. The topological polar surface area (TPSA) is 83.5 Å². The second-order valence-corrected chi connectivity index (χ2v) is 3.20. The first kappa shape index (κ1) is 10.7. The Morgan fingerprint density at radius 3 is 2.64 bits per heavy atom. The molecule has 4 N–H and O–H groups in total. The lowest BCUT2D eigenvalue weighted by atomic mass is 10.1. The van der Waals surface area contributed by atoms with Gasteiger partial charge in [0.05, 0.1) is 6.10 Å². The summed E-state index contributed by atoms with van der Waals surface area (Å²) in [6, 6.07) is -1.15. The highest BCUT2D eigenvalue weighted by atomic mass is 32.2. The molecule has 0 bridgehead atoms. The molecule has 4 nitrogen and oxygen atoms in total. The molecule has 0 unspecified atom stereocenters. The van der Waals surface area contributed by atoms with Crippen LogP contribution in [0, 0.1) is 0 Å². The van der Waals surface area contributed by atoms with Crippen LogP contribution >= 0.6 is 11.8 Å². The van der Waals surface area contributed by atoms with Gasteiger partial charge in [-0.2, -0.15) is 11.8 Å². The van der Waals surface area contributed by atoms with Gasteiger partial charge in [0.1, 0.15) is 6.04 Å². The van der Waals surface area contributed by atoms with Crippen LogP contribution < -0.4 is 5.73 Å². The van der Waals surface area contributed by atoms with Crippen molar-refractivity contribution in [3.63, 3.8) is 0 Å². The third-order valence-electron chi connectivity index (χ3n) is 1.32. The molecule has 2 atom stereocenters. The van der Waals surface area contributed by atoms with Crippen LogP contribution in [0.2, 0.25) is 0 Å². The van der Waals surface area contributed by atoms with Crippen molar-refractivity contribution in [3.8, 4) is 0 Å². The van der Waals surface area contributed by atoms with E-state index >= 15 is 0 Å². The SMILES string of the molecule is CSCC[C@@H](O)[C@H](N)C(=O)O. The summed E-state index contributed by atoms with van der Waals surface area (Å²) in [5.74, 6) is -0.430. The quantitative estimate of drug-likeness (QED) is 0.530. The van der Waals surface area contributed by atoms with E-state index in [1.54, 1.807) is 11.8 Å². The number of hydrogen-bond donors (Lipinski definition) is 3. The Bertz CT molecular complexity index is 131. The van der Waals surface area contributed by atoms with Gasteiger partial charge in [0.25, 0.3) is 0 Å². The lowest BCUT2D eigenvalue weighted by Crippen LogP contribution is -2.41. The number of aliphatic hydroxyl groups is 1. The molecule has 0 aromatic heterocycles. The maximum absolute atomic E-state index is 10.2. The molecule has 5 heteroatoms. The van der Waals surface area contributed by atoms with E-state index in [9.17, 15) is 4.79 Å². The zero-order chi connectivity index (χ0) is 8.85. The second kappa shape index (κ2) is 5.40. The number of nitrogens with two attached hydrogens (primary N) is 1. The normalized spacial score (nSPS) is 15.9. The highest BCUT2D eigenvalue weighted by Crippen LogP contribution is 2.02. The number of aliphatic carboxylic acids is 1. The minimum absolute atomic E-state index is 0.425. The number of aliphatic hydroxyl groups excluding tert-OH is 1. The minimum Gasteiger partial charge on any atom is -0.480 e. The molecule has 11 heavy (non-hydrogen) atoms. The smallest absolute Gasteiger partial charge is 0.323 e. The van der Waals surface area contributed by atoms with Crippen molar-refractivity contribution >= 4 is 17.7 Å². The van der Waals surface area contributed by atoms with Crippen LogP contribution in [0.4, 0.5) is 0 Å². The summed E-state index contributed by atoms with van der Waals surface area (Å²) in [4.78, 5) is 10.2. The number of carboxylic acid groups (broad SMARTS) is 1. The summed E-state index contributed by atoms with van der Waals surface area (Å²) in [6.45, 7) is 0. The van der Waals surface area contributed by atoms with Crippen molar-refractivity contribution in [1.29, 1.82) is 0 Å². The minimum atomic E-state index is -1.15. The number of rotatable bonds is 5. The Hall–Kier alpha value is -0.260. The number of carbonyl (C=O) groups is 1.